The van der Waals surface area contributed by atoms with Crippen LogP contribution in [0.3, 0.4) is 0 Å². The Morgan fingerprint density at radius 3 is 2.54 bits per heavy atom. The fourth-order valence-electron chi connectivity index (χ4n) is 2.41. The number of imide groups is 1. The zero-order valence-electron chi connectivity index (χ0n) is 7.96. The second-order valence-corrected chi connectivity index (χ2v) is 4.28. The van der Waals surface area contributed by atoms with Gasteiger partial charge in [0.2, 0.25) is 11.8 Å². The molecule has 1 aliphatic carbocycles. The Kier molecular flexibility index (Phi) is 1.70. The summed E-state index contributed by atoms with van der Waals surface area (Å²) < 4.78 is 0. The lowest BCUT2D eigenvalue weighted by molar-refractivity contribution is -0.154. The van der Waals surface area contributed by atoms with Crippen LogP contribution in [0.25, 0.3) is 0 Å². The molecule has 0 aromatic carbocycles. The molecule has 1 saturated carbocycles. The Bertz CT molecular complexity index is 269. The first kappa shape index (κ1) is 8.69. The molecule has 2 fully saturated rings. The van der Waals surface area contributed by atoms with Crippen molar-refractivity contribution in [1.29, 1.82) is 0 Å². The number of hydrogen-bond donors (Lipinski definition) is 1. The first-order valence-corrected chi connectivity index (χ1v) is 4.60. The smallest absolute Gasteiger partial charge is 0.247 e. The average Bonchev–Trinajstić information content (AvgIpc) is 1.94. The Balaban J connectivity index is 2.18. The third-order valence-electron chi connectivity index (χ3n) is 3.16. The summed E-state index contributed by atoms with van der Waals surface area (Å²) in [5, 5.41) is 2.40. The van der Waals surface area contributed by atoms with E-state index in [9.17, 15) is 9.59 Å². The molecule has 1 N–H and O–H groups in total. The molecule has 4 nitrogen and oxygen atoms in total. The van der Waals surface area contributed by atoms with Gasteiger partial charge in [0.1, 0.15) is 5.54 Å². The van der Waals surface area contributed by atoms with Gasteiger partial charge in [-0.15, -0.1) is 0 Å². The molecular formula is C9H14N2O2. The van der Waals surface area contributed by atoms with E-state index in [4.69, 9.17) is 0 Å². The molecule has 1 heterocycles. The molecule has 2 rings (SSSR count). The van der Waals surface area contributed by atoms with Gasteiger partial charge in [-0.2, -0.15) is 0 Å². The fraction of sp³-hybridized carbons (Fsp3) is 0.778. The standard InChI is InChI=1S/C9H14N2O2/c1-6-3-9(4-6)8(13)10-7(12)5-11(9)2/h6H,3-5H2,1-2H3,(H,10,12,13). The highest BCUT2D eigenvalue weighted by molar-refractivity contribution is 6.03. The van der Waals surface area contributed by atoms with Crippen molar-refractivity contribution in [2.24, 2.45) is 5.92 Å². The van der Waals surface area contributed by atoms with Gasteiger partial charge in [-0.3, -0.25) is 19.8 Å². The maximum atomic E-state index is 11.6. The highest BCUT2D eigenvalue weighted by Crippen LogP contribution is 2.42. The fourth-order valence-corrected chi connectivity index (χ4v) is 2.41. The van der Waals surface area contributed by atoms with Gasteiger partial charge in [-0.25, -0.2) is 0 Å². The van der Waals surface area contributed by atoms with Crippen molar-refractivity contribution >= 4 is 11.8 Å². The lowest BCUT2D eigenvalue weighted by atomic mass is 9.67. The van der Waals surface area contributed by atoms with Crippen LogP contribution in [0.1, 0.15) is 19.8 Å². The zero-order valence-corrected chi connectivity index (χ0v) is 7.96. The highest BCUT2D eigenvalue weighted by Gasteiger charge is 2.54. The van der Waals surface area contributed by atoms with Crippen molar-refractivity contribution in [2.75, 3.05) is 13.6 Å². The number of amides is 2. The van der Waals surface area contributed by atoms with Crippen molar-refractivity contribution in [2.45, 2.75) is 25.3 Å². The summed E-state index contributed by atoms with van der Waals surface area (Å²) in [6, 6.07) is 0. The summed E-state index contributed by atoms with van der Waals surface area (Å²) in [4.78, 5) is 24.5. The van der Waals surface area contributed by atoms with Crippen LogP contribution in [0.5, 0.6) is 0 Å². The molecule has 72 valence electrons. The molecule has 0 atom stereocenters. The predicted molar refractivity (Wildman–Crippen MR) is 46.9 cm³/mol. The predicted octanol–water partition coefficient (Wildman–Crippen LogP) is -0.257. The minimum Gasteiger partial charge on any atom is -0.294 e. The van der Waals surface area contributed by atoms with Crippen molar-refractivity contribution < 1.29 is 9.59 Å². The molecule has 4 heteroatoms. The summed E-state index contributed by atoms with van der Waals surface area (Å²) in [7, 11) is 1.85. The molecule has 13 heavy (non-hydrogen) atoms. The Hall–Kier alpha value is -0.900. The molecule has 1 saturated heterocycles. The van der Waals surface area contributed by atoms with Crippen LogP contribution in [0, 0.1) is 5.92 Å². The summed E-state index contributed by atoms with van der Waals surface area (Å²) in [6.45, 7) is 2.47. The van der Waals surface area contributed by atoms with E-state index in [-0.39, 0.29) is 17.4 Å². The maximum absolute atomic E-state index is 11.6. The summed E-state index contributed by atoms with van der Waals surface area (Å²) in [5.41, 5.74) is -0.368. The second kappa shape index (κ2) is 2.54. The SMILES string of the molecule is CC1CC2(C1)C(=O)NC(=O)CN2C. The number of nitrogens with zero attached hydrogens (tertiary/aromatic N) is 1. The van der Waals surface area contributed by atoms with Crippen LogP contribution in [0.2, 0.25) is 0 Å². The van der Waals surface area contributed by atoms with Crippen LogP contribution < -0.4 is 5.32 Å². The molecule has 1 aliphatic heterocycles. The molecule has 0 aromatic heterocycles. The number of rotatable bonds is 0. The number of likely N-dealkylation sites (N-methyl/N-ethyl adjacent to an activating group) is 1. The molecule has 2 aliphatic rings. The highest BCUT2D eigenvalue weighted by atomic mass is 16.2. The van der Waals surface area contributed by atoms with Gasteiger partial charge < -0.3 is 0 Å². The molecule has 0 radical (unpaired) electrons. The third-order valence-corrected chi connectivity index (χ3v) is 3.16. The van der Waals surface area contributed by atoms with Crippen molar-refractivity contribution in [3.63, 3.8) is 0 Å². The van der Waals surface area contributed by atoms with Crippen LogP contribution in [-0.4, -0.2) is 35.8 Å². The van der Waals surface area contributed by atoms with Crippen LogP contribution >= 0.6 is 0 Å². The second-order valence-electron chi connectivity index (χ2n) is 4.28. The largest absolute Gasteiger partial charge is 0.294 e. The molecule has 0 unspecified atom stereocenters. The number of hydrogen-bond acceptors (Lipinski definition) is 3. The number of carbonyl (C=O) groups is 2. The first-order chi connectivity index (χ1) is 6.04. The van der Waals surface area contributed by atoms with E-state index in [1.165, 1.54) is 0 Å². The van der Waals surface area contributed by atoms with E-state index in [1.54, 1.807) is 0 Å². The van der Waals surface area contributed by atoms with Gasteiger partial charge in [0.15, 0.2) is 0 Å². The van der Waals surface area contributed by atoms with Crippen molar-refractivity contribution in [3.8, 4) is 0 Å². The van der Waals surface area contributed by atoms with E-state index in [1.807, 2.05) is 11.9 Å². The van der Waals surface area contributed by atoms with Crippen LogP contribution in [0.4, 0.5) is 0 Å². The molecular weight excluding hydrogens is 168 g/mol. The summed E-state index contributed by atoms with van der Waals surface area (Å²) in [5.74, 6) is 0.309. The van der Waals surface area contributed by atoms with E-state index in [0.717, 1.165) is 12.8 Å². The topological polar surface area (TPSA) is 49.4 Å². The van der Waals surface area contributed by atoms with Gasteiger partial charge in [-0.1, -0.05) is 6.92 Å². The van der Waals surface area contributed by atoms with Gasteiger partial charge in [0.25, 0.3) is 0 Å². The van der Waals surface area contributed by atoms with Crippen molar-refractivity contribution in [1.82, 2.24) is 10.2 Å². The lowest BCUT2D eigenvalue weighted by Crippen LogP contribution is -2.70. The van der Waals surface area contributed by atoms with Gasteiger partial charge in [0, 0.05) is 0 Å². The summed E-state index contributed by atoms with van der Waals surface area (Å²) in [6.07, 6.45) is 1.76. The minimum atomic E-state index is -0.368. The number of nitrogens with one attached hydrogen (secondary N) is 1. The summed E-state index contributed by atoms with van der Waals surface area (Å²) >= 11 is 0. The molecule has 0 bridgehead atoms. The monoisotopic (exact) mass is 182 g/mol. The average molecular weight is 182 g/mol. The van der Waals surface area contributed by atoms with Gasteiger partial charge in [0.05, 0.1) is 6.54 Å². The molecule has 0 aromatic rings. The van der Waals surface area contributed by atoms with E-state index in [0.29, 0.717) is 12.5 Å². The number of carbonyl (C=O) groups excluding carboxylic acids is 2. The first-order valence-electron chi connectivity index (χ1n) is 4.60. The van der Waals surface area contributed by atoms with E-state index in [2.05, 4.69) is 12.2 Å². The Morgan fingerprint density at radius 2 is 2.08 bits per heavy atom. The van der Waals surface area contributed by atoms with E-state index >= 15 is 0 Å². The van der Waals surface area contributed by atoms with Gasteiger partial charge in [-0.05, 0) is 25.8 Å². The van der Waals surface area contributed by atoms with Crippen molar-refractivity contribution in [3.05, 3.63) is 0 Å². The Labute approximate surface area is 77.3 Å². The third kappa shape index (κ3) is 1.09. The number of piperazine rings is 1. The normalized spacial score (nSPS) is 40.3. The lowest BCUT2D eigenvalue weighted by Gasteiger charge is -2.52. The van der Waals surface area contributed by atoms with Crippen LogP contribution in [0.15, 0.2) is 0 Å². The molecule has 2 amide bonds. The van der Waals surface area contributed by atoms with E-state index < -0.39 is 0 Å². The molecule has 1 spiro atoms. The van der Waals surface area contributed by atoms with Gasteiger partial charge >= 0.3 is 0 Å². The minimum absolute atomic E-state index is 0.107. The zero-order chi connectivity index (χ0) is 9.64. The quantitative estimate of drug-likeness (QED) is 0.525. The van der Waals surface area contributed by atoms with Crippen LogP contribution in [-0.2, 0) is 9.59 Å². The maximum Gasteiger partial charge on any atom is 0.247 e. The Morgan fingerprint density at radius 1 is 1.46 bits per heavy atom.